The molecular formula is C22H34N2O6. The summed E-state index contributed by atoms with van der Waals surface area (Å²) >= 11 is 0. The van der Waals surface area contributed by atoms with Crippen molar-refractivity contribution in [1.82, 2.24) is 10.2 Å². The first-order valence-electron chi connectivity index (χ1n) is 10.0. The molecule has 1 saturated heterocycles. The highest BCUT2D eigenvalue weighted by Crippen LogP contribution is 2.32. The first-order chi connectivity index (χ1) is 14.0. The maximum Gasteiger partial charge on any atom is 0.412 e. The Hall–Kier alpha value is -2.16. The zero-order valence-electron chi connectivity index (χ0n) is 18.9. The minimum Gasteiger partial charge on any atom is -0.468 e. The minimum atomic E-state index is -0.913. The molecule has 8 nitrogen and oxygen atoms in total. The van der Waals surface area contributed by atoms with Gasteiger partial charge in [0.15, 0.2) is 0 Å². The van der Waals surface area contributed by atoms with Crippen LogP contribution in [-0.4, -0.2) is 67.3 Å². The zero-order chi connectivity index (χ0) is 22.5. The van der Waals surface area contributed by atoms with E-state index in [4.69, 9.17) is 18.9 Å². The van der Waals surface area contributed by atoms with E-state index in [1.165, 1.54) is 19.1 Å². The van der Waals surface area contributed by atoms with E-state index in [0.717, 1.165) is 5.56 Å². The van der Waals surface area contributed by atoms with Gasteiger partial charge in [-0.05, 0) is 40.2 Å². The lowest BCUT2D eigenvalue weighted by Crippen LogP contribution is -2.60. The predicted octanol–water partition coefficient (Wildman–Crippen LogP) is 2.70. The average molecular weight is 423 g/mol. The summed E-state index contributed by atoms with van der Waals surface area (Å²) in [4.78, 5) is 27.1. The monoisotopic (exact) mass is 422 g/mol. The van der Waals surface area contributed by atoms with Gasteiger partial charge in [-0.2, -0.15) is 0 Å². The number of amides is 1. The first-order valence-corrected chi connectivity index (χ1v) is 10.0. The number of nitrogens with zero attached hydrogens (tertiary/aromatic N) is 1. The van der Waals surface area contributed by atoms with Crippen molar-refractivity contribution in [3.8, 4) is 0 Å². The minimum absolute atomic E-state index is 0.200. The number of hydrogen-bond acceptors (Lipinski definition) is 7. The molecule has 0 aliphatic carbocycles. The standard InChI is InChI=1S/C22H34N2O6/c1-21(2,3)30-20(26)24-16(14-29-22(24,4)5)18(27-6)17(19(25)28-7)23-13-15-11-9-8-10-12-15/h8-12,16-18,23H,13-14H2,1-7H3/t16-,17-,18+/m0/s1. The number of rotatable bonds is 7. The third-order valence-electron chi connectivity index (χ3n) is 4.91. The quantitative estimate of drug-likeness (QED) is 0.676. The predicted molar refractivity (Wildman–Crippen MR) is 112 cm³/mol. The number of benzene rings is 1. The van der Waals surface area contributed by atoms with E-state index >= 15 is 0 Å². The van der Waals surface area contributed by atoms with Gasteiger partial charge in [0.2, 0.25) is 0 Å². The van der Waals surface area contributed by atoms with Crippen molar-refractivity contribution in [3.63, 3.8) is 0 Å². The molecule has 0 aromatic heterocycles. The summed E-state index contributed by atoms with van der Waals surface area (Å²) in [7, 11) is 2.83. The Bertz CT molecular complexity index is 716. The SMILES string of the molecule is COC(=O)[C@@H](NCc1ccccc1)[C@H](OC)[C@@H]1COC(C)(C)N1C(=O)OC(C)(C)C. The van der Waals surface area contributed by atoms with Gasteiger partial charge in [-0.25, -0.2) is 4.79 Å². The molecule has 0 unspecified atom stereocenters. The fraction of sp³-hybridized carbons (Fsp3) is 0.636. The van der Waals surface area contributed by atoms with Crippen molar-refractivity contribution in [1.29, 1.82) is 0 Å². The number of hydrogen-bond donors (Lipinski definition) is 1. The van der Waals surface area contributed by atoms with Crippen molar-refractivity contribution in [2.24, 2.45) is 0 Å². The maximum absolute atomic E-state index is 13.0. The van der Waals surface area contributed by atoms with E-state index < -0.39 is 41.6 Å². The van der Waals surface area contributed by atoms with E-state index in [1.807, 2.05) is 30.3 Å². The molecule has 0 bridgehead atoms. The van der Waals surface area contributed by atoms with Crippen LogP contribution in [0.2, 0.25) is 0 Å². The molecule has 0 radical (unpaired) electrons. The molecule has 1 aliphatic heterocycles. The summed E-state index contributed by atoms with van der Waals surface area (Å²) in [5.74, 6) is -0.480. The van der Waals surface area contributed by atoms with Crippen LogP contribution < -0.4 is 5.32 Å². The van der Waals surface area contributed by atoms with Gasteiger partial charge in [0.1, 0.15) is 23.5 Å². The Balaban J connectivity index is 2.28. The lowest BCUT2D eigenvalue weighted by atomic mass is 10.0. The summed E-state index contributed by atoms with van der Waals surface area (Å²) in [5.41, 5.74) is -0.576. The number of nitrogens with one attached hydrogen (secondary N) is 1. The van der Waals surface area contributed by atoms with Gasteiger partial charge in [0.05, 0.1) is 19.8 Å². The van der Waals surface area contributed by atoms with E-state index in [9.17, 15) is 9.59 Å². The van der Waals surface area contributed by atoms with E-state index in [1.54, 1.807) is 34.6 Å². The van der Waals surface area contributed by atoms with Gasteiger partial charge < -0.3 is 18.9 Å². The van der Waals surface area contributed by atoms with Gasteiger partial charge in [0, 0.05) is 13.7 Å². The molecule has 1 N–H and O–H groups in total. The molecule has 3 atom stereocenters. The fourth-order valence-corrected chi connectivity index (χ4v) is 3.54. The van der Waals surface area contributed by atoms with Gasteiger partial charge in [-0.15, -0.1) is 0 Å². The second-order valence-electron chi connectivity index (χ2n) is 8.74. The van der Waals surface area contributed by atoms with Crippen molar-refractivity contribution in [3.05, 3.63) is 35.9 Å². The van der Waals surface area contributed by atoms with Gasteiger partial charge >= 0.3 is 12.1 Å². The Morgan fingerprint density at radius 1 is 1.23 bits per heavy atom. The summed E-state index contributed by atoms with van der Waals surface area (Å²) in [6.45, 7) is 9.61. The summed E-state index contributed by atoms with van der Waals surface area (Å²) in [6.07, 6.45) is -1.24. The van der Waals surface area contributed by atoms with Crippen LogP contribution in [0.3, 0.4) is 0 Å². The Morgan fingerprint density at radius 2 is 1.87 bits per heavy atom. The molecule has 0 saturated carbocycles. The third kappa shape index (κ3) is 5.93. The molecular weight excluding hydrogens is 388 g/mol. The molecule has 8 heteroatoms. The van der Waals surface area contributed by atoms with Crippen LogP contribution >= 0.6 is 0 Å². The average Bonchev–Trinajstić information content (AvgIpc) is 2.98. The van der Waals surface area contributed by atoms with E-state index in [0.29, 0.717) is 6.54 Å². The molecule has 1 amide bonds. The molecule has 1 aromatic carbocycles. The number of methoxy groups -OCH3 is 2. The lowest BCUT2D eigenvalue weighted by molar-refractivity contribution is -0.149. The van der Waals surface area contributed by atoms with Crippen LogP contribution in [0, 0.1) is 0 Å². The van der Waals surface area contributed by atoms with Crippen LogP contribution in [-0.2, 0) is 30.3 Å². The summed E-state index contributed by atoms with van der Waals surface area (Å²) in [5, 5.41) is 3.22. The molecule has 30 heavy (non-hydrogen) atoms. The summed E-state index contributed by atoms with van der Waals surface area (Å²) in [6, 6.07) is 8.33. The molecule has 2 rings (SSSR count). The lowest BCUT2D eigenvalue weighted by Gasteiger charge is -2.38. The first kappa shape index (κ1) is 24.1. The number of carbonyl (C=O) groups is 2. The highest BCUT2D eigenvalue weighted by Gasteiger charge is 2.51. The molecule has 0 spiro atoms. The second kappa shape index (κ2) is 9.76. The molecule has 1 aliphatic rings. The van der Waals surface area contributed by atoms with E-state index in [2.05, 4.69) is 5.32 Å². The smallest absolute Gasteiger partial charge is 0.412 e. The Labute approximate surface area is 178 Å². The molecule has 1 fully saturated rings. The fourth-order valence-electron chi connectivity index (χ4n) is 3.54. The largest absolute Gasteiger partial charge is 0.468 e. The Kier molecular flexibility index (Phi) is 7.85. The number of ether oxygens (including phenoxy) is 4. The molecule has 168 valence electrons. The van der Waals surface area contributed by atoms with Gasteiger partial charge in [-0.3, -0.25) is 15.0 Å². The molecule has 1 heterocycles. The third-order valence-corrected chi connectivity index (χ3v) is 4.91. The van der Waals surface area contributed by atoms with Gasteiger partial charge in [-0.1, -0.05) is 30.3 Å². The van der Waals surface area contributed by atoms with Crippen LogP contribution in [0.5, 0.6) is 0 Å². The van der Waals surface area contributed by atoms with Crippen LogP contribution in [0.1, 0.15) is 40.2 Å². The van der Waals surface area contributed by atoms with E-state index in [-0.39, 0.29) is 6.61 Å². The van der Waals surface area contributed by atoms with Gasteiger partial charge in [0.25, 0.3) is 0 Å². The van der Waals surface area contributed by atoms with Crippen LogP contribution in [0.15, 0.2) is 30.3 Å². The molecule has 1 aromatic rings. The highest BCUT2D eigenvalue weighted by molar-refractivity contribution is 5.77. The normalized spacial score (nSPS) is 20.5. The zero-order valence-corrected chi connectivity index (χ0v) is 18.9. The van der Waals surface area contributed by atoms with Crippen molar-refractivity contribution < 1.29 is 28.5 Å². The second-order valence-corrected chi connectivity index (χ2v) is 8.74. The van der Waals surface area contributed by atoms with Crippen LogP contribution in [0.4, 0.5) is 4.79 Å². The highest BCUT2D eigenvalue weighted by atomic mass is 16.6. The summed E-state index contributed by atoms with van der Waals surface area (Å²) < 4.78 is 22.2. The number of esters is 1. The van der Waals surface area contributed by atoms with Crippen molar-refractivity contribution >= 4 is 12.1 Å². The Morgan fingerprint density at radius 3 is 2.40 bits per heavy atom. The maximum atomic E-state index is 13.0. The van der Waals surface area contributed by atoms with Crippen molar-refractivity contribution in [2.45, 2.75) is 70.7 Å². The van der Waals surface area contributed by atoms with Crippen LogP contribution in [0.25, 0.3) is 0 Å². The van der Waals surface area contributed by atoms with Crippen molar-refractivity contribution in [2.75, 3.05) is 20.8 Å². The topological polar surface area (TPSA) is 86.3 Å². The number of carbonyl (C=O) groups excluding carboxylic acids is 2.